The van der Waals surface area contributed by atoms with Crippen LogP contribution in [0.25, 0.3) is 0 Å². The van der Waals surface area contributed by atoms with Crippen LogP contribution in [0, 0.1) is 35.5 Å². The average Bonchev–Trinajstić information content (AvgIpc) is 3.85. The second-order valence-corrected chi connectivity index (χ2v) is 21.3. The van der Waals surface area contributed by atoms with Crippen molar-refractivity contribution in [3.05, 3.63) is 65.7 Å². The van der Waals surface area contributed by atoms with Crippen LogP contribution in [0.3, 0.4) is 0 Å². The maximum absolute atomic E-state index is 14.1. The van der Waals surface area contributed by atoms with Crippen molar-refractivity contribution in [1.82, 2.24) is 31.1 Å². The largest absolute Gasteiger partial charge is 0.445 e. The molecule has 1 saturated heterocycles. The number of aliphatic hydroxyl groups is 1. The number of nitrogens with two attached hydrogens (primary N) is 1. The van der Waals surface area contributed by atoms with Crippen LogP contribution in [0.2, 0.25) is 0 Å². The maximum Gasteiger partial charge on any atom is 0.410 e. The Bertz CT molecular complexity index is 2110. The first kappa shape index (κ1) is 63.0. The number of rotatable bonds is 30. The number of aliphatic hydroxyl groups excluding tert-OH is 1. The van der Waals surface area contributed by atoms with Gasteiger partial charge in [-0.2, -0.15) is 0 Å². The van der Waals surface area contributed by atoms with E-state index in [-0.39, 0.29) is 48.7 Å². The van der Waals surface area contributed by atoms with Gasteiger partial charge in [0.1, 0.15) is 37.3 Å². The van der Waals surface area contributed by atoms with E-state index in [1.165, 1.54) is 11.9 Å². The Hall–Kier alpha value is -5.31. The molecule has 0 aromatic heterocycles. The van der Waals surface area contributed by atoms with Crippen LogP contribution in [0.4, 0.5) is 10.5 Å². The molecular weight excluding hydrogens is 949 g/mol. The number of amides is 5. The third kappa shape index (κ3) is 17.1. The van der Waals surface area contributed by atoms with Crippen molar-refractivity contribution in [2.45, 2.75) is 156 Å². The third-order valence-corrected chi connectivity index (χ3v) is 14.6. The summed E-state index contributed by atoms with van der Waals surface area (Å²) in [5.74, 6) is -3.15. The van der Waals surface area contributed by atoms with E-state index in [4.69, 9.17) is 19.9 Å². The van der Waals surface area contributed by atoms with Crippen molar-refractivity contribution in [2.75, 3.05) is 46.2 Å². The van der Waals surface area contributed by atoms with Crippen LogP contribution in [0.1, 0.15) is 106 Å². The molecule has 13 atom stereocenters. The van der Waals surface area contributed by atoms with Crippen molar-refractivity contribution < 1.29 is 52.9 Å². The minimum atomic E-state index is -1.17. The number of likely N-dealkylation sites (tertiary alicyclic amines) is 1. The monoisotopic (exact) mass is 1040 g/mol. The molecule has 1 unspecified atom stereocenters. The molecule has 1 heterocycles. The Morgan fingerprint density at radius 1 is 0.851 bits per heavy atom. The number of likely N-dealkylation sites (N-methyl/N-ethyl adjacent to an activating group) is 1. The van der Waals surface area contributed by atoms with E-state index >= 15 is 0 Å². The Balaban J connectivity index is 1.67. The van der Waals surface area contributed by atoms with Crippen LogP contribution in [-0.2, 0) is 49.6 Å². The van der Waals surface area contributed by atoms with E-state index in [1.54, 1.807) is 66.2 Å². The van der Waals surface area contributed by atoms with Crippen molar-refractivity contribution in [1.29, 1.82) is 0 Å². The molecule has 74 heavy (non-hydrogen) atoms. The summed E-state index contributed by atoms with van der Waals surface area (Å²) in [4.78, 5) is 95.8. The van der Waals surface area contributed by atoms with Gasteiger partial charge in [-0.15, -0.1) is 0 Å². The molecule has 0 aliphatic carbocycles. The van der Waals surface area contributed by atoms with Gasteiger partial charge in [-0.3, -0.25) is 34.3 Å². The lowest BCUT2D eigenvalue weighted by molar-refractivity contribution is -0.133. The first-order valence-corrected chi connectivity index (χ1v) is 26.0. The predicted octanol–water partition coefficient (Wildman–Crippen LogP) is 4.21. The zero-order valence-corrected chi connectivity index (χ0v) is 46.3. The van der Waals surface area contributed by atoms with Gasteiger partial charge in [0.2, 0.25) is 23.6 Å². The molecular formula is C55H88N8O11. The fourth-order valence-corrected chi connectivity index (χ4v) is 9.84. The highest BCUT2D eigenvalue weighted by atomic mass is 16.6. The molecule has 19 heteroatoms. The number of anilines is 1. The fraction of sp³-hybridized carbons (Fsp3) is 0.655. The van der Waals surface area contributed by atoms with Gasteiger partial charge in [0, 0.05) is 57.9 Å². The van der Waals surface area contributed by atoms with E-state index < -0.39 is 89.8 Å². The number of nitrogens with zero attached hydrogens (tertiary/aromatic N) is 2. The third-order valence-electron chi connectivity index (χ3n) is 14.6. The minimum absolute atomic E-state index is 0.00665. The molecule has 414 valence electrons. The number of nitrogens with one attached hydrogen (secondary N) is 5. The van der Waals surface area contributed by atoms with Gasteiger partial charge in [-0.05, 0) is 80.7 Å². The number of hydrogen-bond acceptors (Lipinski definition) is 14. The van der Waals surface area contributed by atoms with E-state index in [2.05, 4.69) is 26.6 Å². The Morgan fingerprint density at radius 2 is 1.49 bits per heavy atom. The molecule has 8 N–H and O–H groups in total. The highest BCUT2D eigenvalue weighted by Gasteiger charge is 2.47. The number of carbonyl (C=O) groups excluding carboxylic acids is 7. The van der Waals surface area contributed by atoms with E-state index in [1.807, 2.05) is 83.7 Å². The van der Waals surface area contributed by atoms with Crippen LogP contribution in [0.5, 0.6) is 0 Å². The summed E-state index contributed by atoms with van der Waals surface area (Å²) in [6.45, 7) is 21.0. The molecule has 3 rings (SSSR count). The summed E-state index contributed by atoms with van der Waals surface area (Å²) in [6.07, 6.45) is 0.176. The topological polar surface area (TPSA) is 260 Å². The normalized spacial score (nSPS) is 19.3. The van der Waals surface area contributed by atoms with Crippen LogP contribution < -0.4 is 32.3 Å². The Kier molecular flexibility index (Phi) is 25.3. The van der Waals surface area contributed by atoms with Gasteiger partial charge in [-0.1, -0.05) is 104 Å². The molecule has 0 spiro atoms. The summed E-state index contributed by atoms with van der Waals surface area (Å²) < 4.78 is 17.8. The summed E-state index contributed by atoms with van der Waals surface area (Å²) in [7, 11) is 4.57. The van der Waals surface area contributed by atoms with Crippen molar-refractivity contribution in [3.8, 4) is 0 Å². The molecule has 2 aromatic carbocycles. The average molecular weight is 1040 g/mol. The van der Waals surface area contributed by atoms with Crippen LogP contribution in [0.15, 0.2) is 54.6 Å². The highest BCUT2D eigenvalue weighted by Crippen LogP contribution is 2.33. The Labute approximate surface area is 439 Å². The summed E-state index contributed by atoms with van der Waals surface area (Å²) in [6, 6.07) is 11.1. The standard InChI is InChI=1S/C55H88N8O11/c1-15-35(8)42(48(72-13)43(29-64)63-26-25-40(28-63)49(73-14)55(11,31-65)61-36(9)47(66)39-19-17-16-18-20-39)27-57-52(69)45(33(4)5)60-53(70)46(34(6)7)62(12)54(71)74-30-38-21-23-41(24-22-38)59-50(67)37(10)58-51(68)44(56)32(2)3/h16-24,29,31-37,40,42-49,61,66H,15,25-28,30,56H2,1-14H3,(H,57,69)(H,58,68)(H,59,67)(H,60,70)/t35-,36+,37-,40-,42+,43+,44-,45-,46?,47+,48+,49+,55-/m0/s1. The first-order valence-electron chi connectivity index (χ1n) is 26.0. The van der Waals surface area contributed by atoms with E-state index in [0.29, 0.717) is 36.3 Å². The zero-order chi connectivity index (χ0) is 55.6. The number of ether oxygens (including phenoxy) is 3. The summed E-state index contributed by atoms with van der Waals surface area (Å²) in [5.41, 5.74) is 6.52. The van der Waals surface area contributed by atoms with Gasteiger partial charge in [0.25, 0.3) is 0 Å². The molecule has 19 nitrogen and oxygen atoms in total. The van der Waals surface area contributed by atoms with Gasteiger partial charge >= 0.3 is 6.09 Å². The quantitative estimate of drug-likeness (QED) is 0.0541. The maximum atomic E-state index is 14.1. The Morgan fingerprint density at radius 3 is 2.01 bits per heavy atom. The fourth-order valence-electron chi connectivity index (χ4n) is 9.84. The lowest BCUT2D eigenvalue weighted by Gasteiger charge is -2.40. The van der Waals surface area contributed by atoms with Crippen molar-refractivity contribution in [3.63, 3.8) is 0 Å². The zero-order valence-electron chi connectivity index (χ0n) is 46.3. The lowest BCUT2D eigenvalue weighted by Crippen LogP contribution is -2.61. The second-order valence-electron chi connectivity index (χ2n) is 21.3. The summed E-state index contributed by atoms with van der Waals surface area (Å²) >= 11 is 0. The summed E-state index contributed by atoms with van der Waals surface area (Å²) in [5, 5.41) is 25.8. The highest BCUT2D eigenvalue weighted by molar-refractivity contribution is 5.97. The minimum Gasteiger partial charge on any atom is -0.445 e. The molecule has 5 amide bonds. The lowest BCUT2D eigenvalue weighted by atomic mass is 9.83. The van der Waals surface area contributed by atoms with Crippen LogP contribution in [-0.4, -0.2) is 152 Å². The molecule has 2 aromatic rings. The van der Waals surface area contributed by atoms with Gasteiger partial charge in [0.05, 0.1) is 35.9 Å². The van der Waals surface area contributed by atoms with Crippen LogP contribution >= 0.6 is 0 Å². The number of benzene rings is 2. The molecule has 0 saturated carbocycles. The number of aldehydes is 2. The van der Waals surface area contributed by atoms with E-state index in [9.17, 15) is 38.7 Å². The molecule has 0 radical (unpaired) electrons. The number of methoxy groups -OCH3 is 2. The molecule has 1 aliphatic heterocycles. The number of carbonyl (C=O) groups is 7. The van der Waals surface area contributed by atoms with Gasteiger partial charge in [0.15, 0.2) is 0 Å². The molecule has 1 aliphatic rings. The van der Waals surface area contributed by atoms with Crippen molar-refractivity contribution in [2.24, 2.45) is 41.2 Å². The predicted molar refractivity (Wildman–Crippen MR) is 284 cm³/mol. The first-order chi connectivity index (χ1) is 34.9. The smallest absolute Gasteiger partial charge is 0.410 e. The molecule has 1 fully saturated rings. The van der Waals surface area contributed by atoms with E-state index in [0.717, 1.165) is 19.0 Å². The SMILES string of the molecule is CC[C@H](C)[C@@H](CNC(=O)[C@@H](NC(=O)C(C(C)C)N(C)C(=O)OCc1ccc(NC(=O)[C@H](C)NC(=O)[C@@H](N)C(C)C)cc1)C(C)C)[C@@H](OC)[C@@H](C=O)N1CC[C@H]([C@@H](OC)[C@](C)(C=O)N[C@H](C)[C@@H](O)c2ccccc2)C1. The van der Waals surface area contributed by atoms with Gasteiger partial charge < -0.3 is 55.9 Å². The molecule has 0 bridgehead atoms. The van der Waals surface area contributed by atoms with Gasteiger partial charge in [-0.25, -0.2) is 4.79 Å². The van der Waals surface area contributed by atoms with Crippen molar-refractivity contribution >= 4 is 48.0 Å². The number of hydrogen-bond donors (Lipinski definition) is 7. The second kappa shape index (κ2) is 29.7.